The zero-order chi connectivity index (χ0) is 26.2. The molecule has 0 aliphatic carbocycles. The van der Waals surface area contributed by atoms with E-state index in [9.17, 15) is 19.5 Å². The van der Waals surface area contributed by atoms with Gasteiger partial charge in [-0.3, -0.25) is 14.5 Å². The molecule has 37 heavy (non-hydrogen) atoms. The monoisotopic (exact) mass is 494 g/mol. The summed E-state index contributed by atoms with van der Waals surface area (Å²) in [6.07, 6.45) is 0.647. The molecule has 6 heteroatoms. The van der Waals surface area contributed by atoms with E-state index in [0.717, 1.165) is 27.5 Å². The second-order valence-corrected chi connectivity index (χ2v) is 8.99. The lowest BCUT2D eigenvalue weighted by Crippen LogP contribution is -2.49. The SMILES string of the molecule is CCCN(C(=O)N[C@H](CC(=O)O)Cc1cccc2ccccc12)C(=O)c1cccc(-c2ccccc2)c1. The fraction of sp³-hybridized carbons (Fsp3) is 0.194. The Labute approximate surface area is 216 Å². The number of fused-ring (bicyclic) bond motifs is 1. The van der Waals surface area contributed by atoms with E-state index in [2.05, 4.69) is 5.32 Å². The highest BCUT2D eigenvalue weighted by atomic mass is 16.4. The molecule has 0 bridgehead atoms. The fourth-order valence-corrected chi connectivity index (χ4v) is 4.51. The van der Waals surface area contributed by atoms with E-state index in [1.807, 2.05) is 85.8 Å². The molecular formula is C31H30N2O4. The average molecular weight is 495 g/mol. The zero-order valence-corrected chi connectivity index (χ0v) is 20.8. The molecule has 0 unspecified atom stereocenters. The van der Waals surface area contributed by atoms with E-state index in [4.69, 9.17) is 0 Å². The minimum atomic E-state index is -1.02. The highest BCUT2D eigenvalue weighted by Gasteiger charge is 2.26. The van der Waals surface area contributed by atoms with E-state index in [-0.39, 0.29) is 13.0 Å². The van der Waals surface area contributed by atoms with Crippen LogP contribution in [-0.2, 0) is 11.2 Å². The van der Waals surface area contributed by atoms with Crippen molar-refractivity contribution in [2.24, 2.45) is 0 Å². The quantitative estimate of drug-likeness (QED) is 0.292. The van der Waals surface area contributed by atoms with Gasteiger partial charge in [0.2, 0.25) is 0 Å². The van der Waals surface area contributed by atoms with Gasteiger partial charge in [0.15, 0.2) is 0 Å². The number of rotatable bonds is 9. The number of benzene rings is 4. The first-order valence-electron chi connectivity index (χ1n) is 12.4. The molecule has 0 saturated heterocycles. The van der Waals surface area contributed by atoms with Gasteiger partial charge >= 0.3 is 12.0 Å². The lowest BCUT2D eigenvalue weighted by molar-refractivity contribution is -0.137. The van der Waals surface area contributed by atoms with E-state index < -0.39 is 23.9 Å². The molecule has 0 heterocycles. The molecule has 0 spiro atoms. The molecular weight excluding hydrogens is 464 g/mol. The Hall–Kier alpha value is -4.45. The minimum Gasteiger partial charge on any atom is -0.481 e. The van der Waals surface area contributed by atoms with E-state index >= 15 is 0 Å². The smallest absolute Gasteiger partial charge is 0.324 e. The molecule has 6 nitrogen and oxygen atoms in total. The van der Waals surface area contributed by atoms with Crippen molar-refractivity contribution in [2.75, 3.05) is 6.54 Å². The van der Waals surface area contributed by atoms with Gasteiger partial charge < -0.3 is 10.4 Å². The van der Waals surface area contributed by atoms with Gasteiger partial charge in [-0.1, -0.05) is 91.9 Å². The number of carboxylic acid groups (broad SMARTS) is 1. The maximum atomic E-state index is 13.4. The van der Waals surface area contributed by atoms with Gasteiger partial charge in [0, 0.05) is 18.2 Å². The maximum Gasteiger partial charge on any atom is 0.324 e. The number of carbonyl (C=O) groups is 3. The standard InChI is InChI=1S/C31H30N2O4/c1-2-18-33(30(36)26-16-9-14-24(19-26)22-10-4-3-5-11-22)31(37)32-27(21-29(34)35)20-25-15-8-13-23-12-6-7-17-28(23)25/h3-17,19,27H,2,18,20-21H2,1H3,(H,32,37)(H,34,35)/t27-/m0/s1. The molecule has 0 aromatic heterocycles. The molecule has 0 aliphatic rings. The molecule has 4 aromatic carbocycles. The van der Waals surface area contributed by atoms with E-state index in [0.29, 0.717) is 18.4 Å². The highest BCUT2D eigenvalue weighted by Crippen LogP contribution is 2.22. The predicted molar refractivity (Wildman–Crippen MR) is 145 cm³/mol. The van der Waals surface area contributed by atoms with Crippen LogP contribution in [0.1, 0.15) is 35.7 Å². The van der Waals surface area contributed by atoms with Crippen LogP contribution >= 0.6 is 0 Å². The molecule has 3 amide bonds. The van der Waals surface area contributed by atoms with Gasteiger partial charge in [-0.05, 0) is 52.4 Å². The molecule has 1 atom stereocenters. The predicted octanol–water partition coefficient (Wildman–Crippen LogP) is 6.15. The fourth-order valence-electron chi connectivity index (χ4n) is 4.51. The number of amides is 3. The van der Waals surface area contributed by atoms with Crippen molar-refractivity contribution in [1.82, 2.24) is 10.2 Å². The third-order valence-electron chi connectivity index (χ3n) is 6.25. The van der Waals surface area contributed by atoms with Crippen LogP contribution in [0, 0.1) is 0 Å². The van der Waals surface area contributed by atoms with Gasteiger partial charge in [-0.2, -0.15) is 0 Å². The number of carboxylic acids is 1. The van der Waals surface area contributed by atoms with Crippen LogP contribution in [0.2, 0.25) is 0 Å². The second-order valence-electron chi connectivity index (χ2n) is 8.99. The number of nitrogens with one attached hydrogen (secondary N) is 1. The van der Waals surface area contributed by atoms with Crippen LogP contribution in [0.3, 0.4) is 0 Å². The van der Waals surface area contributed by atoms with Crippen molar-refractivity contribution < 1.29 is 19.5 Å². The van der Waals surface area contributed by atoms with Gasteiger partial charge in [0.1, 0.15) is 0 Å². The molecule has 4 rings (SSSR count). The molecule has 0 saturated carbocycles. The summed E-state index contributed by atoms with van der Waals surface area (Å²) in [5, 5.41) is 14.4. The first-order chi connectivity index (χ1) is 18.0. The Bertz CT molecular complexity index is 1400. The molecule has 0 fully saturated rings. The number of hydrogen-bond acceptors (Lipinski definition) is 3. The summed E-state index contributed by atoms with van der Waals surface area (Å²) in [7, 11) is 0. The van der Waals surface area contributed by atoms with Crippen LogP contribution in [0.25, 0.3) is 21.9 Å². The summed E-state index contributed by atoms with van der Waals surface area (Å²) >= 11 is 0. The van der Waals surface area contributed by atoms with Crippen molar-refractivity contribution in [3.8, 4) is 11.1 Å². The number of urea groups is 1. The second kappa shape index (κ2) is 12.0. The van der Waals surface area contributed by atoms with Crippen LogP contribution in [0.15, 0.2) is 97.1 Å². The molecule has 0 radical (unpaired) electrons. The molecule has 4 aromatic rings. The Morgan fingerprint density at radius 1 is 0.838 bits per heavy atom. The third-order valence-corrected chi connectivity index (χ3v) is 6.25. The van der Waals surface area contributed by atoms with Gasteiger partial charge in [-0.15, -0.1) is 0 Å². The van der Waals surface area contributed by atoms with Crippen LogP contribution in [-0.4, -0.2) is 40.5 Å². The summed E-state index contributed by atoms with van der Waals surface area (Å²) in [6.45, 7) is 2.10. The summed E-state index contributed by atoms with van der Waals surface area (Å²) in [5.74, 6) is -1.44. The highest BCUT2D eigenvalue weighted by molar-refractivity contribution is 6.05. The number of carbonyl (C=O) groups excluding carboxylic acids is 2. The molecule has 188 valence electrons. The molecule has 0 aliphatic heterocycles. The van der Waals surface area contributed by atoms with E-state index in [1.165, 1.54) is 4.90 Å². The Kier molecular flexibility index (Phi) is 8.31. The van der Waals surface area contributed by atoms with Gasteiger partial charge in [0.25, 0.3) is 5.91 Å². The maximum absolute atomic E-state index is 13.4. The van der Waals surface area contributed by atoms with Crippen molar-refractivity contribution in [1.29, 1.82) is 0 Å². The van der Waals surface area contributed by atoms with Crippen LogP contribution in [0.4, 0.5) is 4.79 Å². The number of hydrogen-bond donors (Lipinski definition) is 2. The first-order valence-corrected chi connectivity index (χ1v) is 12.4. The topological polar surface area (TPSA) is 86.7 Å². The zero-order valence-electron chi connectivity index (χ0n) is 20.8. The van der Waals surface area contributed by atoms with Gasteiger partial charge in [0.05, 0.1) is 6.42 Å². The Balaban J connectivity index is 1.56. The number of nitrogens with zero attached hydrogens (tertiary/aromatic N) is 1. The normalized spacial score (nSPS) is 11.6. The Morgan fingerprint density at radius 3 is 2.27 bits per heavy atom. The third kappa shape index (κ3) is 6.41. The van der Waals surface area contributed by atoms with Crippen LogP contribution < -0.4 is 5.32 Å². The largest absolute Gasteiger partial charge is 0.481 e. The lowest BCUT2D eigenvalue weighted by Gasteiger charge is -2.25. The van der Waals surface area contributed by atoms with Crippen molar-refractivity contribution in [3.05, 3.63) is 108 Å². The van der Waals surface area contributed by atoms with Crippen molar-refractivity contribution in [3.63, 3.8) is 0 Å². The number of imide groups is 1. The van der Waals surface area contributed by atoms with Crippen molar-refractivity contribution >= 4 is 28.7 Å². The van der Waals surface area contributed by atoms with Crippen LogP contribution in [0.5, 0.6) is 0 Å². The minimum absolute atomic E-state index is 0.217. The van der Waals surface area contributed by atoms with E-state index in [1.54, 1.807) is 18.2 Å². The summed E-state index contributed by atoms with van der Waals surface area (Å²) < 4.78 is 0. The average Bonchev–Trinajstić information content (AvgIpc) is 2.91. The Morgan fingerprint density at radius 2 is 1.51 bits per heavy atom. The summed E-state index contributed by atoms with van der Waals surface area (Å²) in [5.41, 5.74) is 3.19. The van der Waals surface area contributed by atoms with Gasteiger partial charge in [-0.25, -0.2) is 4.79 Å². The van der Waals surface area contributed by atoms with Crippen molar-refractivity contribution in [2.45, 2.75) is 32.2 Å². The first kappa shape index (κ1) is 25.6. The molecule has 2 N–H and O–H groups in total. The lowest BCUT2D eigenvalue weighted by atomic mass is 9.97. The summed E-state index contributed by atoms with van der Waals surface area (Å²) in [4.78, 5) is 39.6. The number of aliphatic carboxylic acids is 1. The summed E-state index contributed by atoms with van der Waals surface area (Å²) in [6, 6.07) is 29.3.